The first-order chi connectivity index (χ1) is 6.58. The smallest absolute Gasteiger partial charge is 0.0521 e. The van der Waals surface area contributed by atoms with Gasteiger partial charge in [-0.2, -0.15) is 5.10 Å². The summed E-state index contributed by atoms with van der Waals surface area (Å²) in [6.45, 7) is 4.33. The van der Waals surface area contributed by atoms with Crippen molar-refractivity contribution in [3.05, 3.63) is 18.0 Å². The number of aromatic nitrogens is 2. The summed E-state index contributed by atoms with van der Waals surface area (Å²) < 4.78 is 1.85. The normalized spacial score (nSPS) is 15.4. The van der Waals surface area contributed by atoms with Crippen molar-refractivity contribution in [2.75, 3.05) is 0 Å². The van der Waals surface area contributed by atoms with Crippen LogP contribution in [-0.4, -0.2) is 15.8 Å². The van der Waals surface area contributed by atoms with E-state index in [1.54, 1.807) is 0 Å². The Hall–Kier alpha value is -0.830. The second-order valence-electron chi connectivity index (χ2n) is 4.38. The number of hydrogen-bond donors (Lipinski definition) is 1. The number of nitrogens with two attached hydrogens (primary N) is 1. The maximum Gasteiger partial charge on any atom is 0.0521 e. The van der Waals surface area contributed by atoms with Gasteiger partial charge < -0.3 is 5.73 Å². The fourth-order valence-corrected chi connectivity index (χ4v) is 1.77. The lowest BCUT2D eigenvalue weighted by Crippen LogP contribution is -2.18. The van der Waals surface area contributed by atoms with Gasteiger partial charge in [0, 0.05) is 19.3 Å². The Labute approximate surface area is 86.3 Å². The van der Waals surface area contributed by atoms with Gasteiger partial charge in [0.05, 0.1) is 6.20 Å². The lowest BCUT2D eigenvalue weighted by Gasteiger charge is -2.12. The molecule has 3 nitrogen and oxygen atoms in total. The molecule has 1 rings (SSSR count). The average molecular weight is 195 g/mol. The first kappa shape index (κ1) is 11.2. The molecule has 3 heteroatoms. The van der Waals surface area contributed by atoms with Crippen LogP contribution in [0.5, 0.6) is 0 Å². The Bertz CT molecular complexity index is 265. The fraction of sp³-hybridized carbons (Fsp3) is 0.727. The largest absolute Gasteiger partial charge is 0.328 e. The van der Waals surface area contributed by atoms with Gasteiger partial charge in [0.1, 0.15) is 0 Å². The molecular formula is C11H21N3. The first-order valence-electron chi connectivity index (χ1n) is 5.31. The van der Waals surface area contributed by atoms with Crippen LogP contribution >= 0.6 is 0 Å². The van der Waals surface area contributed by atoms with Crippen LogP contribution in [0.1, 0.15) is 32.3 Å². The zero-order chi connectivity index (χ0) is 10.6. The predicted molar refractivity (Wildman–Crippen MR) is 59.0 cm³/mol. The Morgan fingerprint density at radius 1 is 1.50 bits per heavy atom. The summed E-state index contributed by atoms with van der Waals surface area (Å²) in [5, 5.41) is 4.15. The number of rotatable bonds is 5. The second-order valence-corrected chi connectivity index (χ2v) is 4.38. The summed E-state index contributed by atoms with van der Waals surface area (Å²) >= 11 is 0. The van der Waals surface area contributed by atoms with Gasteiger partial charge in [-0.25, -0.2) is 0 Å². The highest BCUT2D eigenvalue weighted by molar-refractivity contribution is 5.03. The number of aryl methyl sites for hydroxylation is 2. The standard InChI is InChI=1S/C11H21N3/c1-9(6-10(2)12)4-5-11-7-13-14(3)8-11/h7-10H,4-6,12H2,1-3H3. The Morgan fingerprint density at radius 2 is 2.21 bits per heavy atom. The molecule has 1 heterocycles. The maximum absolute atomic E-state index is 5.75. The summed E-state index contributed by atoms with van der Waals surface area (Å²) in [5.41, 5.74) is 7.07. The minimum absolute atomic E-state index is 0.318. The van der Waals surface area contributed by atoms with E-state index in [2.05, 4.69) is 25.1 Å². The van der Waals surface area contributed by atoms with Gasteiger partial charge in [0.25, 0.3) is 0 Å². The molecule has 0 aromatic carbocycles. The molecule has 0 bridgehead atoms. The molecule has 0 fully saturated rings. The average Bonchev–Trinajstić information content (AvgIpc) is 2.47. The molecular weight excluding hydrogens is 174 g/mol. The summed E-state index contributed by atoms with van der Waals surface area (Å²) in [5.74, 6) is 0.704. The van der Waals surface area contributed by atoms with E-state index in [1.165, 1.54) is 12.0 Å². The van der Waals surface area contributed by atoms with Crippen molar-refractivity contribution >= 4 is 0 Å². The highest BCUT2D eigenvalue weighted by Crippen LogP contribution is 2.13. The van der Waals surface area contributed by atoms with Crippen LogP contribution < -0.4 is 5.73 Å². The molecule has 2 unspecified atom stereocenters. The van der Waals surface area contributed by atoms with Gasteiger partial charge in [0.2, 0.25) is 0 Å². The monoisotopic (exact) mass is 195 g/mol. The third-order valence-electron chi connectivity index (χ3n) is 2.46. The van der Waals surface area contributed by atoms with Gasteiger partial charge in [-0.1, -0.05) is 6.92 Å². The molecule has 0 saturated heterocycles. The van der Waals surface area contributed by atoms with Crippen molar-refractivity contribution in [1.29, 1.82) is 0 Å². The molecule has 2 N–H and O–H groups in total. The van der Waals surface area contributed by atoms with E-state index in [0.717, 1.165) is 12.8 Å². The van der Waals surface area contributed by atoms with Gasteiger partial charge in [-0.3, -0.25) is 4.68 Å². The molecule has 80 valence electrons. The highest BCUT2D eigenvalue weighted by Gasteiger charge is 2.06. The zero-order valence-electron chi connectivity index (χ0n) is 9.40. The number of hydrogen-bond acceptors (Lipinski definition) is 2. The maximum atomic E-state index is 5.75. The summed E-state index contributed by atoms with van der Waals surface area (Å²) in [6.07, 6.45) is 7.45. The molecule has 1 aromatic rings. The van der Waals surface area contributed by atoms with Crippen molar-refractivity contribution in [2.24, 2.45) is 18.7 Å². The van der Waals surface area contributed by atoms with Crippen molar-refractivity contribution in [3.63, 3.8) is 0 Å². The van der Waals surface area contributed by atoms with Crippen molar-refractivity contribution in [3.8, 4) is 0 Å². The molecule has 0 spiro atoms. The van der Waals surface area contributed by atoms with E-state index in [9.17, 15) is 0 Å². The predicted octanol–water partition coefficient (Wildman–Crippen LogP) is 1.73. The van der Waals surface area contributed by atoms with E-state index in [4.69, 9.17) is 5.73 Å². The van der Waals surface area contributed by atoms with Gasteiger partial charge in [-0.05, 0) is 37.7 Å². The molecule has 0 radical (unpaired) electrons. The van der Waals surface area contributed by atoms with Crippen LogP contribution in [0.4, 0.5) is 0 Å². The molecule has 1 aromatic heterocycles. The molecule has 0 saturated carbocycles. The highest BCUT2D eigenvalue weighted by atomic mass is 15.2. The van der Waals surface area contributed by atoms with Gasteiger partial charge >= 0.3 is 0 Å². The summed E-state index contributed by atoms with van der Waals surface area (Å²) in [7, 11) is 1.95. The summed E-state index contributed by atoms with van der Waals surface area (Å²) in [4.78, 5) is 0. The Balaban J connectivity index is 2.26. The third kappa shape index (κ3) is 3.92. The Kier molecular flexibility index (Phi) is 4.14. The first-order valence-corrected chi connectivity index (χ1v) is 5.31. The lowest BCUT2D eigenvalue weighted by atomic mass is 9.96. The van der Waals surface area contributed by atoms with E-state index in [0.29, 0.717) is 12.0 Å². The molecule has 0 aliphatic rings. The van der Waals surface area contributed by atoms with Gasteiger partial charge in [0.15, 0.2) is 0 Å². The second kappa shape index (κ2) is 5.15. The van der Waals surface area contributed by atoms with E-state index < -0.39 is 0 Å². The molecule has 2 atom stereocenters. The van der Waals surface area contributed by atoms with E-state index in [1.807, 2.05) is 17.9 Å². The van der Waals surface area contributed by atoms with Crippen LogP contribution in [0.3, 0.4) is 0 Å². The SMILES string of the molecule is CC(N)CC(C)CCc1cnn(C)c1. The lowest BCUT2D eigenvalue weighted by molar-refractivity contribution is 0.452. The van der Waals surface area contributed by atoms with Crippen LogP contribution in [-0.2, 0) is 13.5 Å². The van der Waals surface area contributed by atoms with Crippen LogP contribution in [0.2, 0.25) is 0 Å². The topological polar surface area (TPSA) is 43.8 Å². The molecule has 0 aliphatic heterocycles. The van der Waals surface area contributed by atoms with Crippen LogP contribution in [0.25, 0.3) is 0 Å². The van der Waals surface area contributed by atoms with Crippen molar-refractivity contribution < 1.29 is 0 Å². The fourth-order valence-electron chi connectivity index (χ4n) is 1.77. The van der Waals surface area contributed by atoms with Crippen molar-refractivity contribution in [2.45, 2.75) is 39.2 Å². The van der Waals surface area contributed by atoms with E-state index in [-0.39, 0.29) is 0 Å². The number of nitrogens with zero attached hydrogens (tertiary/aromatic N) is 2. The van der Waals surface area contributed by atoms with E-state index >= 15 is 0 Å². The zero-order valence-corrected chi connectivity index (χ0v) is 9.40. The molecule has 0 amide bonds. The van der Waals surface area contributed by atoms with Crippen molar-refractivity contribution in [1.82, 2.24) is 9.78 Å². The summed E-state index contributed by atoms with van der Waals surface area (Å²) in [6, 6.07) is 0.318. The van der Waals surface area contributed by atoms with Crippen LogP contribution in [0.15, 0.2) is 12.4 Å². The Morgan fingerprint density at radius 3 is 2.71 bits per heavy atom. The molecule has 0 aliphatic carbocycles. The van der Waals surface area contributed by atoms with Crippen LogP contribution in [0, 0.1) is 5.92 Å². The third-order valence-corrected chi connectivity index (χ3v) is 2.46. The minimum atomic E-state index is 0.318. The van der Waals surface area contributed by atoms with Gasteiger partial charge in [-0.15, -0.1) is 0 Å². The quantitative estimate of drug-likeness (QED) is 0.777. The molecule has 14 heavy (non-hydrogen) atoms. The minimum Gasteiger partial charge on any atom is -0.328 e.